The number of ether oxygens (including phenoxy) is 1. The number of carbonyl (C=O) groups excluding carboxylic acids is 2. The predicted molar refractivity (Wildman–Crippen MR) is 96.6 cm³/mol. The highest BCUT2D eigenvalue weighted by Crippen LogP contribution is 2.12. The van der Waals surface area contributed by atoms with E-state index in [9.17, 15) is 14.4 Å². The molecule has 0 fully saturated rings. The third-order valence-electron chi connectivity index (χ3n) is 3.90. The molecule has 0 aliphatic rings. The molecule has 0 saturated carbocycles. The Morgan fingerprint density at radius 2 is 1.78 bits per heavy atom. The Kier molecular flexibility index (Phi) is 6.59. The van der Waals surface area contributed by atoms with Crippen molar-refractivity contribution in [1.29, 1.82) is 0 Å². The van der Waals surface area contributed by atoms with E-state index in [4.69, 9.17) is 14.3 Å². The Morgan fingerprint density at radius 1 is 1.11 bits per heavy atom. The molecule has 0 spiro atoms. The molecule has 1 atom stereocenters. The highest BCUT2D eigenvalue weighted by atomic mass is 16.5. The highest BCUT2D eigenvalue weighted by Gasteiger charge is 2.25. The molecule has 3 N–H and O–H groups in total. The molecule has 1 heterocycles. The molecular weight excluding hydrogens is 352 g/mol. The van der Waals surface area contributed by atoms with Gasteiger partial charge in [0.25, 0.3) is 5.91 Å². The van der Waals surface area contributed by atoms with Crippen LogP contribution in [0.25, 0.3) is 0 Å². The van der Waals surface area contributed by atoms with E-state index in [1.165, 1.54) is 19.2 Å². The highest BCUT2D eigenvalue weighted by molar-refractivity contribution is 5.97. The maximum Gasteiger partial charge on any atom is 0.371 e. The monoisotopic (exact) mass is 374 g/mol. The van der Waals surface area contributed by atoms with Crippen LogP contribution in [-0.4, -0.2) is 36.0 Å². The summed E-state index contributed by atoms with van der Waals surface area (Å²) < 4.78 is 10.1. The lowest BCUT2D eigenvalue weighted by Crippen LogP contribution is -2.49. The number of methoxy groups -OCH3 is 1. The van der Waals surface area contributed by atoms with Gasteiger partial charge in [-0.1, -0.05) is 13.8 Å². The van der Waals surface area contributed by atoms with E-state index in [-0.39, 0.29) is 30.0 Å². The van der Waals surface area contributed by atoms with Crippen molar-refractivity contribution in [2.75, 3.05) is 7.11 Å². The van der Waals surface area contributed by atoms with Gasteiger partial charge in [0, 0.05) is 5.56 Å². The van der Waals surface area contributed by atoms with Gasteiger partial charge in [0.2, 0.25) is 11.7 Å². The summed E-state index contributed by atoms with van der Waals surface area (Å²) in [6, 6.07) is 8.58. The number of nitrogens with one attached hydrogen (secondary N) is 2. The second-order valence-electron chi connectivity index (χ2n) is 6.21. The number of amides is 2. The number of furan rings is 1. The molecule has 144 valence electrons. The summed E-state index contributed by atoms with van der Waals surface area (Å²) in [5.41, 5.74) is 0.409. The molecule has 8 heteroatoms. The first-order valence-corrected chi connectivity index (χ1v) is 8.36. The van der Waals surface area contributed by atoms with Gasteiger partial charge in [-0.2, -0.15) is 0 Å². The molecule has 2 amide bonds. The minimum atomic E-state index is -1.18. The topological polar surface area (TPSA) is 118 Å². The van der Waals surface area contributed by atoms with Gasteiger partial charge in [-0.15, -0.1) is 0 Å². The molecule has 2 rings (SSSR count). The average molecular weight is 374 g/mol. The minimum absolute atomic E-state index is 0.0216. The van der Waals surface area contributed by atoms with Crippen LogP contribution in [0.2, 0.25) is 0 Å². The lowest BCUT2D eigenvalue weighted by atomic mass is 10.0. The molecule has 0 bridgehead atoms. The van der Waals surface area contributed by atoms with E-state index in [1.54, 1.807) is 24.3 Å². The van der Waals surface area contributed by atoms with Crippen LogP contribution in [0.5, 0.6) is 5.75 Å². The van der Waals surface area contributed by atoms with Crippen molar-refractivity contribution < 1.29 is 28.6 Å². The van der Waals surface area contributed by atoms with Crippen molar-refractivity contribution >= 4 is 17.8 Å². The van der Waals surface area contributed by atoms with Crippen LogP contribution in [0.3, 0.4) is 0 Å². The van der Waals surface area contributed by atoms with Crippen molar-refractivity contribution in [1.82, 2.24) is 10.6 Å². The summed E-state index contributed by atoms with van der Waals surface area (Å²) in [6.07, 6.45) is 0. The van der Waals surface area contributed by atoms with Crippen LogP contribution in [-0.2, 0) is 11.3 Å². The van der Waals surface area contributed by atoms with E-state index in [0.717, 1.165) is 0 Å². The maximum absolute atomic E-state index is 12.5. The number of carboxylic acids is 1. The van der Waals surface area contributed by atoms with Gasteiger partial charge in [-0.25, -0.2) is 4.79 Å². The van der Waals surface area contributed by atoms with Crippen LogP contribution in [0.4, 0.5) is 0 Å². The smallest absolute Gasteiger partial charge is 0.371 e. The van der Waals surface area contributed by atoms with Crippen molar-refractivity contribution in [3.05, 3.63) is 53.5 Å². The lowest BCUT2D eigenvalue weighted by molar-refractivity contribution is -0.124. The van der Waals surface area contributed by atoms with Crippen molar-refractivity contribution in [2.24, 2.45) is 5.92 Å². The molecule has 2 aromatic rings. The third-order valence-corrected chi connectivity index (χ3v) is 3.90. The Bertz CT molecular complexity index is 810. The van der Waals surface area contributed by atoms with Gasteiger partial charge in [0.05, 0.1) is 13.7 Å². The largest absolute Gasteiger partial charge is 0.497 e. The molecule has 0 saturated heterocycles. The first kappa shape index (κ1) is 20.0. The Balaban J connectivity index is 1.98. The van der Waals surface area contributed by atoms with E-state index >= 15 is 0 Å². The van der Waals surface area contributed by atoms with E-state index in [0.29, 0.717) is 17.1 Å². The molecule has 8 nitrogen and oxygen atoms in total. The van der Waals surface area contributed by atoms with Gasteiger partial charge >= 0.3 is 5.97 Å². The molecule has 0 aliphatic heterocycles. The lowest BCUT2D eigenvalue weighted by Gasteiger charge is -2.21. The van der Waals surface area contributed by atoms with Crippen LogP contribution >= 0.6 is 0 Å². The summed E-state index contributed by atoms with van der Waals surface area (Å²) in [6.45, 7) is 3.65. The van der Waals surface area contributed by atoms with Crippen molar-refractivity contribution in [2.45, 2.75) is 26.4 Å². The van der Waals surface area contributed by atoms with E-state index < -0.39 is 12.0 Å². The number of aromatic carboxylic acids is 1. The number of rotatable bonds is 8. The quantitative estimate of drug-likeness (QED) is 0.651. The maximum atomic E-state index is 12.5. The average Bonchev–Trinajstić information content (AvgIpc) is 3.13. The number of hydrogen-bond donors (Lipinski definition) is 3. The fourth-order valence-electron chi connectivity index (χ4n) is 2.37. The van der Waals surface area contributed by atoms with Gasteiger partial charge in [-0.05, 0) is 42.3 Å². The molecular formula is C19H22N2O6. The number of carboxylic acid groups (broad SMARTS) is 1. The van der Waals surface area contributed by atoms with Crippen LogP contribution in [0.15, 0.2) is 40.8 Å². The fraction of sp³-hybridized carbons (Fsp3) is 0.316. The molecule has 0 radical (unpaired) electrons. The molecule has 1 aromatic heterocycles. The van der Waals surface area contributed by atoms with Crippen LogP contribution in [0.1, 0.15) is 40.5 Å². The zero-order valence-electron chi connectivity index (χ0n) is 15.3. The molecule has 1 aromatic carbocycles. The van der Waals surface area contributed by atoms with Crippen LogP contribution < -0.4 is 15.4 Å². The SMILES string of the molecule is COc1ccc(C(=O)NC(C(=O)NCc2ccc(C(=O)O)o2)C(C)C)cc1. The van der Waals surface area contributed by atoms with Gasteiger partial charge in [-0.3, -0.25) is 9.59 Å². The second-order valence-corrected chi connectivity index (χ2v) is 6.21. The third kappa shape index (κ3) is 5.34. The number of hydrogen-bond acceptors (Lipinski definition) is 5. The van der Waals surface area contributed by atoms with E-state index in [1.807, 2.05) is 13.8 Å². The zero-order chi connectivity index (χ0) is 20.0. The summed E-state index contributed by atoms with van der Waals surface area (Å²) in [7, 11) is 1.53. The summed E-state index contributed by atoms with van der Waals surface area (Å²) in [5, 5.41) is 14.2. The Morgan fingerprint density at radius 3 is 2.30 bits per heavy atom. The normalized spacial score (nSPS) is 11.7. The fourth-order valence-corrected chi connectivity index (χ4v) is 2.37. The first-order chi connectivity index (χ1) is 12.8. The minimum Gasteiger partial charge on any atom is -0.497 e. The van der Waals surface area contributed by atoms with E-state index in [2.05, 4.69) is 10.6 Å². The summed E-state index contributed by atoms with van der Waals surface area (Å²) in [5.74, 6) is -1.36. The molecule has 27 heavy (non-hydrogen) atoms. The van der Waals surface area contributed by atoms with Crippen molar-refractivity contribution in [3.63, 3.8) is 0 Å². The van der Waals surface area contributed by atoms with Gasteiger partial charge in [0.1, 0.15) is 17.6 Å². The predicted octanol–water partition coefficient (Wildman–Crippen LogP) is 2.06. The van der Waals surface area contributed by atoms with Gasteiger partial charge < -0.3 is 24.9 Å². The molecule has 0 aliphatic carbocycles. The van der Waals surface area contributed by atoms with Gasteiger partial charge in [0.15, 0.2) is 0 Å². The summed E-state index contributed by atoms with van der Waals surface area (Å²) in [4.78, 5) is 35.7. The standard InChI is InChI=1S/C19H22N2O6/c1-11(2)16(21-17(22)12-4-6-13(26-3)7-5-12)18(23)20-10-14-8-9-15(27-14)19(24)25/h4-9,11,16H,10H2,1-3H3,(H,20,23)(H,21,22)(H,24,25). The van der Waals surface area contributed by atoms with Crippen molar-refractivity contribution in [3.8, 4) is 5.75 Å². The Labute approximate surface area is 156 Å². The molecule has 1 unspecified atom stereocenters. The van der Waals surface area contributed by atoms with Crippen LogP contribution in [0, 0.1) is 5.92 Å². The number of benzene rings is 1. The second kappa shape index (κ2) is 8.88. The first-order valence-electron chi connectivity index (χ1n) is 8.36. The summed E-state index contributed by atoms with van der Waals surface area (Å²) >= 11 is 0. The zero-order valence-corrected chi connectivity index (χ0v) is 15.3. The Hall–Kier alpha value is -3.29. The number of carbonyl (C=O) groups is 3.